The fourth-order valence-corrected chi connectivity index (χ4v) is 4.97. The summed E-state index contributed by atoms with van der Waals surface area (Å²) in [7, 11) is 0. The van der Waals surface area contributed by atoms with E-state index in [2.05, 4.69) is 18.8 Å². The number of amides is 1. The van der Waals surface area contributed by atoms with Gasteiger partial charge in [-0.05, 0) is 54.3 Å². The lowest BCUT2D eigenvalue weighted by Crippen LogP contribution is -3.14. The fraction of sp³-hybridized carbons (Fsp3) is 0.500. The first kappa shape index (κ1) is 26.0. The number of aryl methyl sites for hydroxylation is 1. The number of benzene rings is 1. The minimum Gasteiger partial charge on any atom is -0.493 e. The van der Waals surface area contributed by atoms with Crippen molar-refractivity contribution in [3.63, 3.8) is 0 Å². The number of Topliss-reactive ketones (excluding diaryl/α,β-unsaturated/α-hetero) is 2. The number of carbonyl (C=O) groups excluding carboxylic acids is 3. The number of quaternary nitrogens is 1. The third-order valence-corrected chi connectivity index (χ3v) is 6.90. The summed E-state index contributed by atoms with van der Waals surface area (Å²) < 4.78 is 11.3. The van der Waals surface area contributed by atoms with Crippen LogP contribution in [0.4, 0.5) is 0 Å². The Kier molecular flexibility index (Phi) is 8.48. The van der Waals surface area contributed by atoms with Gasteiger partial charge in [-0.2, -0.15) is 0 Å². The van der Waals surface area contributed by atoms with E-state index in [-0.39, 0.29) is 5.78 Å². The van der Waals surface area contributed by atoms with Crippen LogP contribution in [0.25, 0.3) is 0 Å². The molecule has 0 spiro atoms. The summed E-state index contributed by atoms with van der Waals surface area (Å²) in [5, 5.41) is 0. The van der Waals surface area contributed by atoms with Crippen molar-refractivity contribution in [1.29, 1.82) is 0 Å². The topological polar surface area (TPSA) is 90.2 Å². The van der Waals surface area contributed by atoms with Crippen LogP contribution < -0.4 is 9.64 Å². The predicted octanol–water partition coefficient (Wildman–Crippen LogP) is 1.68. The number of hydrogen-bond acceptors (Lipinski definition) is 6. The Hall–Kier alpha value is -3.10. The summed E-state index contributed by atoms with van der Waals surface area (Å²) in [4.78, 5) is 47.2. The third kappa shape index (κ3) is 5.82. The summed E-state index contributed by atoms with van der Waals surface area (Å²) >= 11 is 0. The minimum atomic E-state index is -1.09. The highest BCUT2D eigenvalue weighted by Crippen LogP contribution is 2.38. The second-order valence-electron chi connectivity index (χ2n) is 10.1. The number of aromatic nitrogens is 1. The van der Waals surface area contributed by atoms with Gasteiger partial charge in [0.1, 0.15) is 24.8 Å². The van der Waals surface area contributed by atoms with Gasteiger partial charge in [0.15, 0.2) is 5.78 Å². The zero-order valence-corrected chi connectivity index (χ0v) is 21.4. The zero-order chi connectivity index (χ0) is 25.7. The molecular weight excluding hydrogens is 458 g/mol. The Morgan fingerprint density at radius 2 is 1.89 bits per heavy atom. The summed E-state index contributed by atoms with van der Waals surface area (Å²) in [6.45, 7) is 11.3. The average Bonchev–Trinajstić information content (AvgIpc) is 3.13. The molecule has 2 atom stereocenters. The Labute approximate surface area is 212 Å². The molecule has 36 heavy (non-hydrogen) atoms. The molecule has 2 aliphatic rings. The molecular formula is C28H36N3O5+. The first-order chi connectivity index (χ1) is 17.4. The van der Waals surface area contributed by atoms with Gasteiger partial charge < -0.3 is 19.3 Å². The molecule has 8 heteroatoms. The van der Waals surface area contributed by atoms with E-state index in [1.54, 1.807) is 47.6 Å². The van der Waals surface area contributed by atoms with Gasteiger partial charge in [0.2, 0.25) is 5.78 Å². The number of nitrogens with one attached hydrogen (secondary N) is 1. The van der Waals surface area contributed by atoms with Crippen LogP contribution in [-0.2, 0) is 14.3 Å². The van der Waals surface area contributed by atoms with Crippen molar-refractivity contribution >= 4 is 17.5 Å². The molecule has 2 saturated heterocycles. The summed E-state index contributed by atoms with van der Waals surface area (Å²) in [5.41, 5.74) is 1.98. The van der Waals surface area contributed by atoms with Crippen LogP contribution in [0.3, 0.4) is 0 Å². The number of rotatable bonds is 10. The normalized spacial score (nSPS) is 20.8. The van der Waals surface area contributed by atoms with Crippen LogP contribution in [-0.4, -0.2) is 73.4 Å². The van der Waals surface area contributed by atoms with Gasteiger partial charge >= 0.3 is 0 Å². The van der Waals surface area contributed by atoms with Crippen molar-refractivity contribution < 1.29 is 28.8 Å². The molecule has 8 nitrogen and oxygen atoms in total. The lowest BCUT2D eigenvalue weighted by atomic mass is 9.86. The highest BCUT2D eigenvalue weighted by molar-refractivity contribution is 6.44. The molecule has 1 aromatic carbocycles. The lowest BCUT2D eigenvalue weighted by molar-refractivity contribution is -0.908. The first-order valence-electron chi connectivity index (χ1n) is 12.8. The minimum absolute atomic E-state index is 0.338. The standard InChI is InChI=1S/C28H35N3O5/c1-19(2)18-36-23-6-5-22(17-20(23)3)26(32)24-25(21-7-9-29-10-8-21)31(28(34)27(24)33)12-4-11-30-13-15-35-16-14-30/h5-10,17,19,24-25H,4,11-16,18H2,1-3H3/p+1. The number of hydrogen-bond donors (Lipinski definition) is 1. The van der Waals surface area contributed by atoms with Gasteiger partial charge in [-0.1, -0.05) is 13.8 Å². The van der Waals surface area contributed by atoms with E-state index in [0.29, 0.717) is 30.4 Å². The van der Waals surface area contributed by atoms with Crippen LogP contribution in [0.1, 0.15) is 47.8 Å². The molecule has 0 aliphatic carbocycles. The SMILES string of the molecule is Cc1cc(C(=O)C2C(=O)C(=O)N(CCC[NH+]3CCOCC3)C2c2ccncc2)ccc1OCC(C)C. The van der Waals surface area contributed by atoms with Crippen molar-refractivity contribution in [3.05, 3.63) is 59.4 Å². The molecule has 1 aromatic heterocycles. The van der Waals surface area contributed by atoms with Crippen molar-refractivity contribution in [2.24, 2.45) is 11.8 Å². The largest absolute Gasteiger partial charge is 0.493 e. The average molecular weight is 495 g/mol. The summed E-state index contributed by atoms with van der Waals surface area (Å²) in [6.07, 6.45) is 4.01. The van der Waals surface area contributed by atoms with E-state index < -0.39 is 23.7 Å². The monoisotopic (exact) mass is 494 g/mol. The molecule has 4 rings (SSSR count). The molecule has 0 radical (unpaired) electrons. The van der Waals surface area contributed by atoms with Crippen molar-refractivity contribution in [2.75, 3.05) is 46.0 Å². The van der Waals surface area contributed by atoms with Gasteiger partial charge in [-0.3, -0.25) is 19.4 Å². The van der Waals surface area contributed by atoms with E-state index in [1.807, 2.05) is 6.92 Å². The fourth-order valence-electron chi connectivity index (χ4n) is 4.97. The maximum absolute atomic E-state index is 13.7. The van der Waals surface area contributed by atoms with Crippen molar-refractivity contribution in [1.82, 2.24) is 9.88 Å². The van der Waals surface area contributed by atoms with E-state index >= 15 is 0 Å². The van der Waals surface area contributed by atoms with E-state index in [1.165, 1.54) is 4.90 Å². The van der Waals surface area contributed by atoms with Crippen molar-refractivity contribution in [3.8, 4) is 5.75 Å². The Bertz CT molecular complexity index is 1080. The number of morpholine rings is 1. The van der Waals surface area contributed by atoms with E-state index in [9.17, 15) is 14.4 Å². The van der Waals surface area contributed by atoms with Crippen LogP contribution in [0, 0.1) is 18.8 Å². The third-order valence-electron chi connectivity index (χ3n) is 6.90. The molecule has 1 amide bonds. The number of likely N-dealkylation sites (tertiary alicyclic amines) is 1. The number of nitrogens with zero attached hydrogens (tertiary/aromatic N) is 2. The number of pyridine rings is 1. The first-order valence-corrected chi connectivity index (χ1v) is 12.8. The number of ether oxygens (including phenoxy) is 2. The van der Waals surface area contributed by atoms with Crippen molar-refractivity contribution in [2.45, 2.75) is 33.2 Å². The lowest BCUT2D eigenvalue weighted by Gasteiger charge is -2.28. The number of carbonyl (C=O) groups is 3. The Balaban J connectivity index is 1.56. The quantitative estimate of drug-likeness (QED) is 0.307. The molecule has 2 fully saturated rings. The maximum atomic E-state index is 13.7. The highest BCUT2D eigenvalue weighted by Gasteiger charge is 2.51. The Morgan fingerprint density at radius 1 is 1.17 bits per heavy atom. The van der Waals surface area contributed by atoms with Crippen LogP contribution in [0.5, 0.6) is 5.75 Å². The van der Waals surface area contributed by atoms with Gasteiger partial charge in [0.05, 0.1) is 32.4 Å². The predicted molar refractivity (Wildman–Crippen MR) is 134 cm³/mol. The highest BCUT2D eigenvalue weighted by atomic mass is 16.5. The second kappa shape index (κ2) is 11.8. The zero-order valence-electron chi connectivity index (χ0n) is 21.4. The van der Waals surface area contributed by atoms with Gasteiger partial charge in [-0.15, -0.1) is 0 Å². The molecule has 3 heterocycles. The van der Waals surface area contributed by atoms with E-state index in [0.717, 1.165) is 50.4 Å². The molecule has 2 unspecified atom stereocenters. The molecule has 1 N–H and O–H groups in total. The molecule has 0 bridgehead atoms. The van der Waals surface area contributed by atoms with Gasteiger partial charge in [0, 0.05) is 30.9 Å². The van der Waals surface area contributed by atoms with Gasteiger partial charge in [0.25, 0.3) is 5.91 Å². The second-order valence-corrected chi connectivity index (χ2v) is 10.1. The van der Waals surface area contributed by atoms with Crippen LogP contribution in [0.2, 0.25) is 0 Å². The number of ketones is 2. The maximum Gasteiger partial charge on any atom is 0.291 e. The molecule has 2 aromatic rings. The molecule has 2 aliphatic heterocycles. The molecule has 192 valence electrons. The van der Waals surface area contributed by atoms with Crippen LogP contribution in [0.15, 0.2) is 42.7 Å². The Morgan fingerprint density at radius 3 is 2.56 bits per heavy atom. The molecule has 0 saturated carbocycles. The summed E-state index contributed by atoms with van der Waals surface area (Å²) in [6, 6.07) is 8.14. The van der Waals surface area contributed by atoms with E-state index in [4.69, 9.17) is 9.47 Å². The smallest absolute Gasteiger partial charge is 0.291 e. The summed E-state index contributed by atoms with van der Waals surface area (Å²) in [5.74, 6) is -1.55. The van der Waals surface area contributed by atoms with Crippen LogP contribution >= 0.6 is 0 Å². The van der Waals surface area contributed by atoms with Gasteiger partial charge in [-0.25, -0.2) is 0 Å².